The monoisotopic (exact) mass is 321 g/mol. The quantitative estimate of drug-likeness (QED) is 0.784. The fraction of sp³-hybridized carbons (Fsp3) is 0.824. The minimum absolute atomic E-state index is 0.0220. The van der Waals surface area contributed by atoms with Gasteiger partial charge < -0.3 is 10.2 Å². The molecule has 2 heterocycles. The van der Waals surface area contributed by atoms with Crippen molar-refractivity contribution in [1.29, 1.82) is 0 Å². The Kier molecular flexibility index (Phi) is 6.57. The highest BCUT2D eigenvalue weighted by Crippen LogP contribution is 2.21. The smallest absolute Gasteiger partial charge is 0.276 e. The number of hydrogen-bond donors (Lipinski definition) is 1. The van der Waals surface area contributed by atoms with Crippen molar-refractivity contribution in [2.45, 2.75) is 71.9 Å². The van der Waals surface area contributed by atoms with Gasteiger partial charge in [-0.1, -0.05) is 25.0 Å². The molecule has 1 N–H and O–H groups in total. The predicted molar refractivity (Wildman–Crippen MR) is 91.6 cm³/mol. The Morgan fingerprint density at radius 1 is 1.35 bits per heavy atom. The molecule has 0 unspecified atom stereocenters. The van der Waals surface area contributed by atoms with Gasteiger partial charge in [0.2, 0.25) is 0 Å². The number of rotatable bonds is 7. The second kappa shape index (κ2) is 8.43. The Hall–Kier alpha value is -1.43. The van der Waals surface area contributed by atoms with Gasteiger partial charge in [-0.05, 0) is 53.1 Å². The van der Waals surface area contributed by atoms with Gasteiger partial charge in [-0.25, -0.2) is 4.68 Å². The summed E-state index contributed by atoms with van der Waals surface area (Å²) in [5, 5.41) is 11.9. The maximum atomic E-state index is 12.9. The lowest BCUT2D eigenvalue weighted by atomic mass is 10.1. The molecule has 130 valence electrons. The molecular formula is C17H31N5O. The van der Waals surface area contributed by atoms with Crippen molar-refractivity contribution in [3.63, 3.8) is 0 Å². The van der Waals surface area contributed by atoms with Gasteiger partial charge in [0.05, 0.1) is 11.7 Å². The molecule has 0 saturated carbocycles. The van der Waals surface area contributed by atoms with Crippen LogP contribution < -0.4 is 5.32 Å². The van der Waals surface area contributed by atoms with E-state index in [4.69, 9.17) is 0 Å². The van der Waals surface area contributed by atoms with Crippen molar-refractivity contribution in [2.24, 2.45) is 0 Å². The summed E-state index contributed by atoms with van der Waals surface area (Å²) in [6, 6.07) is 0.542. The van der Waals surface area contributed by atoms with Crippen LogP contribution in [0.15, 0.2) is 0 Å². The Morgan fingerprint density at radius 3 is 2.65 bits per heavy atom. The van der Waals surface area contributed by atoms with Gasteiger partial charge >= 0.3 is 0 Å². The second-order valence-corrected chi connectivity index (χ2v) is 6.75. The first-order valence-corrected chi connectivity index (χ1v) is 8.99. The Bertz CT molecular complexity index is 505. The largest absolute Gasteiger partial charge is 0.335 e. The average Bonchev–Trinajstić information content (AvgIpc) is 2.93. The molecule has 0 aromatic carbocycles. The molecular weight excluding hydrogens is 290 g/mol. The summed E-state index contributed by atoms with van der Waals surface area (Å²) in [6.45, 7) is 11.1. The summed E-state index contributed by atoms with van der Waals surface area (Å²) in [7, 11) is 0. The zero-order valence-corrected chi connectivity index (χ0v) is 15.0. The van der Waals surface area contributed by atoms with Crippen molar-refractivity contribution in [2.75, 3.05) is 19.6 Å². The van der Waals surface area contributed by atoms with Crippen LogP contribution in [0.25, 0.3) is 0 Å². The molecule has 0 bridgehead atoms. The Morgan fingerprint density at radius 2 is 2.04 bits per heavy atom. The van der Waals surface area contributed by atoms with Gasteiger partial charge in [0.1, 0.15) is 0 Å². The third-order valence-corrected chi connectivity index (χ3v) is 4.67. The fourth-order valence-corrected chi connectivity index (χ4v) is 3.20. The number of aromatic nitrogens is 3. The molecule has 0 atom stereocenters. The predicted octanol–water partition coefficient (Wildman–Crippen LogP) is 2.55. The molecule has 0 radical (unpaired) electrons. The maximum absolute atomic E-state index is 12.9. The minimum Gasteiger partial charge on any atom is -0.335 e. The first-order valence-electron chi connectivity index (χ1n) is 8.99. The highest BCUT2D eigenvalue weighted by atomic mass is 16.2. The van der Waals surface area contributed by atoms with E-state index in [1.807, 2.05) is 16.5 Å². The van der Waals surface area contributed by atoms with Crippen molar-refractivity contribution in [3.05, 3.63) is 11.4 Å². The SMILES string of the molecule is CCCCCN(C(=O)c1nnn(C2CCNCC2)c1C)C(C)C. The van der Waals surface area contributed by atoms with Crippen molar-refractivity contribution in [3.8, 4) is 0 Å². The molecule has 23 heavy (non-hydrogen) atoms. The normalized spacial score (nSPS) is 16.0. The molecule has 2 rings (SSSR count). The number of nitrogens with zero attached hydrogens (tertiary/aromatic N) is 4. The van der Waals surface area contributed by atoms with Crippen molar-refractivity contribution >= 4 is 5.91 Å². The number of unbranched alkanes of at least 4 members (excludes halogenated alkanes) is 2. The van der Waals surface area contributed by atoms with Gasteiger partial charge in [-0.15, -0.1) is 5.10 Å². The van der Waals surface area contributed by atoms with E-state index >= 15 is 0 Å². The lowest BCUT2D eigenvalue weighted by Gasteiger charge is -2.26. The molecule has 1 aliphatic heterocycles. The van der Waals surface area contributed by atoms with Crippen LogP contribution in [0, 0.1) is 6.92 Å². The molecule has 1 amide bonds. The molecule has 1 aromatic heterocycles. The number of amides is 1. The minimum atomic E-state index is 0.0220. The third kappa shape index (κ3) is 4.31. The van der Waals surface area contributed by atoms with Crippen LogP contribution >= 0.6 is 0 Å². The summed E-state index contributed by atoms with van der Waals surface area (Å²) in [4.78, 5) is 14.8. The van der Waals surface area contributed by atoms with Crippen molar-refractivity contribution in [1.82, 2.24) is 25.2 Å². The van der Waals surface area contributed by atoms with Gasteiger partial charge in [0, 0.05) is 12.6 Å². The van der Waals surface area contributed by atoms with Crippen LogP contribution in [0.1, 0.15) is 75.1 Å². The summed E-state index contributed by atoms with van der Waals surface area (Å²) in [5.74, 6) is 0.0220. The number of nitrogens with one attached hydrogen (secondary N) is 1. The first-order chi connectivity index (χ1) is 11.1. The topological polar surface area (TPSA) is 63.1 Å². The first kappa shape index (κ1) is 17.9. The van der Waals surface area contributed by atoms with Gasteiger partial charge in [-0.3, -0.25) is 4.79 Å². The van der Waals surface area contributed by atoms with E-state index in [0.717, 1.165) is 57.4 Å². The van der Waals surface area contributed by atoms with Crippen LogP contribution in [-0.4, -0.2) is 51.5 Å². The van der Waals surface area contributed by atoms with Gasteiger partial charge in [0.15, 0.2) is 5.69 Å². The van der Waals surface area contributed by atoms with Crippen LogP contribution in [0.2, 0.25) is 0 Å². The van der Waals surface area contributed by atoms with E-state index in [2.05, 4.69) is 36.4 Å². The zero-order chi connectivity index (χ0) is 16.8. The summed E-state index contributed by atoms with van der Waals surface area (Å²) < 4.78 is 1.96. The zero-order valence-electron chi connectivity index (χ0n) is 15.0. The standard InChI is InChI=1S/C17H31N5O/c1-5-6-7-12-21(13(2)3)17(23)16-14(4)22(20-19-16)15-8-10-18-11-9-15/h13,15,18H,5-12H2,1-4H3. The Labute approximate surface area is 139 Å². The fourth-order valence-electron chi connectivity index (χ4n) is 3.20. The van der Waals surface area contributed by atoms with E-state index in [1.165, 1.54) is 0 Å². The van der Waals surface area contributed by atoms with Crippen LogP contribution in [-0.2, 0) is 0 Å². The summed E-state index contributed by atoms with van der Waals surface area (Å²) >= 11 is 0. The second-order valence-electron chi connectivity index (χ2n) is 6.75. The van der Waals surface area contributed by atoms with Crippen LogP contribution in [0.4, 0.5) is 0 Å². The lowest BCUT2D eigenvalue weighted by molar-refractivity contribution is 0.0695. The summed E-state index contributed by atoms with van der Waals surface area (Å²) in [5.41, 5.74) is 1.43. The molecule has 1 aromatic rings. The van der Waals surface area contributed by atoms with E-state index in [9.17, 15) is 4.79 Å². The highest BCUT2D eigenvalue weighted by molar-refractivity contribution is 5.93. The molecule has 6 nitrogen and oxygen atoms in total. The number of piperidine rings is 1. The van der Waals surface area contributed by atoms with Crippen molar-refractivity contribution < 1.29 is 4.79 Å². The van der Waals surface area contributed by atoms with E-state index < -0.39 is 0 Å². The molecule has 0 aliphatic carbocycles. The average molecular weight is 321 g/mol. The van der Waals surface area contributed by atoms with Crippen LogP contribution in [0.3, 0.4) is 0 Å². The summed E-state index contributed by atoms with van der Waals surface area (Å²) in [6.07, 6.45) is 5.44. The molecule has 1 saturated heterocycles. The number of hydrogen-bond acceptors (Lipinski definition) is 4. The van der Waals surface area contributed by atoms with E-state index in [1.54, 1.807) is 0 Å². The number of carbonyl (C=O) groups is 1. The Balaban J connectivity index is 2.12. The lowest BCUT2D eigenvalue weighted by Crippen LogP contribution is -2.38. The molecule has 1 aliphatic rings. The van der Waals surface area contributed by atoms with Gasteiger partial charge in [-0.2, -0.15) is 0 Å². The molecule has 0 spiro atoms. The third-order valence-electron chi connectivity index (χ3n) is 4.67. The number of carbonyl (C=O) groups excluding carboxylic acids is 1. The molecule has 6 heteroatoms. The maximum Gasteiger partial charge on any atom is 0.276 e. The van der Waals surface area contributed by atoms with Gasteiger partial charge in [0.25, 0.3) is 5.91 Å². The highest BCUT2D eigenvalue weighted by Gasteiger charge is 2.26. The molecule has 1 fully saturated rings. The van der Waals surface area contributed by atoms with E-state index in [-0.39, 0.29) is 11.9 Å². The van der Waals surface area contributed by atoms with Crippen LogP contribution in [0.5, 0.6) is 0 Å². The van der Waals surface area contributed by atoms with E-state index in [0.29, 0.717) is 11.7 Å².